The highest BCUT2D eigenvalue weighted by molar-refractivity contribution is 7.10. The van der Waals surface area contributed by atoms with E-state index in [1.807, 2.05) is 11.4 Å². The van der Waals surface area contributed by atoms with Crippen molar-refractivity contribution in [3.8, 4) is 0 Å². The summed E-state index contributed by atoms with van der Waals surface area (Å²) in [6, 6.07) is 4.20. The number of rotatable bonds is 6. The lowest BCUT2D eigenvalue weighted by Gasteiger charge is -2.21. The van der Waals surface area contributed by atoms with E-state index in [1.165, 1.54) is 16.0 Å². The predicted octanol–water partition coefficient (Wildman–Crippen LogP) is 2.17. The number of aliphatic hydroxyl groups is 1. The van der Waals surface area contributed by atoms with Crippen molar-refractivity contribution in [3.63, 3.8) is 0 Å². The van der Waals surface area contributed by atoms with E-state index in [1.54, 1.807) is 36.9 Å². The summed E-state index contributed by atoms with van der Waals surface area (Å²) in [6.07, 6.45) is 1.78. The fourth-order valence-corrected chi connectivity index (χ4v) is 3.97. The molecule has 3 heterocycles. The van der Waals surface area contributed by atoms with Crippen LogP contribution in [-0.4, -0.2) is 51.9 Å². The van der Waals surface area contributed by atoms with Gasteiger partial charge >= 0.3 is 0 Å². The Hall–Kier alpha value is -0.840. The molecule has 6 nitrogen and oxygen atoms in total. The monoisotopic (exact) mass is 402 g/mol. The van der Waals surface area contributed by atoms with Gasteiger partial charge in [-0.15, -0.1) is 11.3 Å². The number of nitrogens with two attached hydrogens (primary N) is 2. The molecule has 0 aliphatic carbocycles. The van der Waals surface area contributed by atoms with Gasteiger partial charge in [-0.2, -0.15) is 11.3 Å². The van der Waals surface area contributed by atoms with Gasteiger partial charge in [-0.25, -0.2) is 0 Å². The van der Waals surface area contributed by atoms with E-state index in [9.17, 15) is 0 Å². The Kier molecular flexibility index (Phi) is 12.7. The smallest absolute Gasteiger partial charge is 0.168 e. The maximum absolute atomic E-state index is 8.44. The molecule has 1 unspecified atom stereocenters. The summed E-state index contributed by atoms with van der Waals surface area (Å²) in [4.78, 5) is 1.33. The van der Waals surface area contributed by atoms with Crippen LogP contribution in [-0.2, 0) is 27.1 Å². The lowest BCUT2D eigenvalue weighted by Crippen LogP contribution is -2.23. The molecule has 26 heavy (non-hydrogen) atoms. The zero-order valence-corrected chi connectivity index (χ0v) is 17.1. The molecule has 8 heteroatoms. The first-order chi connectivity index (χ1) is 12.7. The average molecular weight is 403 g/mol. The molecule has 0 saturated heterocycles. The minimum Gasteiger partial charge on any atom is -0.396 e. The van der Waals surface area contributed by atoms with E-state index in [0.29, 0.717) is 13.1 Å². The topological polar surface area (TPSA) is 100.0 Å². The van der Waals surface area contributed by atoms with Crippen LogP contribution in [0, 0.1) is 0 Å². The lowest BCUT2D eigenvalue weighted by atomic mass is 10.1. The summed E-state index contributed by atoms with van der Waals surface area (Å²) in [6.45, 7) is 2.10. The van der Waals surface area contributed by atoms with Crippen molar-refractivity contribution in [1.29, 1.82) is 0 Å². The van der Waals surface area contributed by atoms with Gasteiger partial charge in [0, 0.05) is 38.8 Å². The van der Waals surface area contributed by atoms with Crippen LogP contribution in [0.15, 0.2) is 28.3 Å². The first-order valence-corrected chi connectivity index (χ1v) is 10.3. The molecule has 1 atom stereocenters. The first-order valence-electron chi connectivity index (χ1n) is 8.45. The summed E-state index contributed by atoms with van der Waals surface area (Å²) in [5.74, 6) is 0. The molecular formula is C18H30N2O4S2. The van der Waals surface area contributed by atoms with Crippen LogP contribution in [0.5, 0.6) is 0 Å². The van der Waals surface area contributed by atoms with E-state index >= 15 is 0 Å². The first kappa shape index (κ1) is 23.2. The van der Waals surface area contributed by atoms with Crippen LogP contribution in [0.4, 0.5) is 0 Å². The zero-order chi connectivity index (χ0) is 19.2. The number of thiophene rings is 2. The molecule has 0 amide bonds. The minimum atomic E-state index is -0.236. The maximum atomic E-state index is 8.44. The molecule has 148 valence electrons. The normalized spacial score (nSPS) is 15.5. The summed E-state index contributed by atoms with van der Waals surface area (Å²) >= 11 is 3.42. The summed E-state index contributed by atoms with van der Waals surface area (Å²) in [7, 11) is 3.11. The van der Waals surface area contributed by atoms with Gasteiger partial charge in [-0.3, -0.25) is 0 Å². The second kappa shape index (κ2) is 14.2. The molecule has 2 aromatic heterocycles. The van der Waals surface area contributed by atoms with Crippen molar-refractivity contribution < 1.29 is 19.3 Å². The van der Waals surface area contributed by atoms with Crippen LogP contribution in [0.1, 0.15) is 22.1 Å². The van der Waals surface area contributed by atoms with Crippen molar-refractivity contribution in [2.24, 2.45) is 11.5 Å². The van der Waals surface area contributed by atoms with E-state index in [-0.39, 0.29) is 19.0 Å². The summed E-state index contributed by atoms with van der Waals surface area (Å²) in [5, 5.41) is 14.6. The van der Waals surface area contributed by atoms with E-state index in [0.717, 1.165) is 19.4 Å². The van der Waals surface area contributed by atoms with Crippen LogP contribution >= 0.6 is 22.7 Å². The van der Waals surface area contributed by atoms with Crippen LogP contribution in [0.2, 0.25) is 0 Å². The lowest BCUT2D eigenvalue weighted by molar-refractivity contribution is -0.0940. The Bertz CT molecular complexity index is 554. The zero-order valence-electron chi connectivity index (χ0n) is 15.4. The van der Waals surface area contributed by atoms with Crippen molar-refractivity contribution in [1.82, 2.24) is 0 Å². The standard InChI is InChI=1S/C8H11NOS.C6H8OS.C4H11NO2/c9-5-7-8-6(1-3-10-7)2-4-11-8;7-3-1-6-2-4-8-5-6;1-6-4(3-5)7-2/h2,4,7H,1,3,5,9H2;2,4-5,7H,1,3H2;4H,3,5H2,1-2H3. The van der Waals surface area contributed by atoms with Gasteiger partial charge in [-0.05, 0) is 52.2 Å². The molecule has 1 aliphatic heterocycles. The van der Waals surface area contributed by atoms with Crippen molar-refractivity contribution >= 4 is 22.7 Å². The van der Waals surface area contributed by atoms with Crippen molar-refractivity contribution in [2.45, 2.75) is 25.2 Å². The highest BCUT2D eigenvalue weighted by atomic mass is 32.1. The quantitative estimate of drug-likeness (QED) is 0.640. The SMILES string of the molecule is COC(CN)OC.NCC1OCCc2ccsc21.OCCc1ccsc1. The molecule has 2 aromatic rings. The molecule has 0 fully saturated rings. The third-order valence-electron chi connectivity index (χ3n) is 3.68. The number of hydrogen-bond acceptors (Lipinski definition) is 8. The van der Waals surface area contributed by atoms with Crippen LogP contribution in [0.25, 0.3) is 0 Å². The Morgan fingerprint density at radius 2 is 2.04 bits per heavy atom. The van der Waals surface area contributed by atoms with Gasteiger partial charge in [0.2, 0.25) is 0 Å². The molecule has 0 spiro atoms. The fraction of sp³-hybridized carbons (Fsp3) is 0.556. The van der Waals surface area contributed by atoms with Crippen LogP contribution < -0.4 is 11.5 Å². The molecular weight excluding hydrogens is 372 g/mol. The molecule has 5 N–H and O–H groups in total. The number of aliphatic hydroxyl groups excluding tert-OH is 1. The summed E-state index contributed by atoms with van der Waals surface area (Å²) < 4.78 is 14.9. The number of ether oxygens (including phenoxy) is 3. The Morgan fingerprint density at radius 3 is 2.54 bits per heavy atom. The Labute approximate surface area is 163 Å². The largest absolute Gasteiger partial charge is 0.396 e. The van der Waals surface area contributed by atoms with E-state index in [4.69, 9.17) is 30.8 Å². The molecule has 0 saturated carbocycles. The van der Waals surface area contributed by atoms with Gasteiger partial charge in [0.15, 0.2) is 6.29 Å². The number of methoxy groups -OCH3 is 2. The van der Waals surface area contributed by atoms with Gasteiger partial charge in [-0.1, -0.05) is 0 Å². The second-order valence-electron chi connectivity index (χ2n) is 5.40. The fourth-order valence-electron chi connectivity index (χ4n) is 2.25. The highest BCUT2D eigenvalue weighted by Crippen LogP contribution is 2.30. The third kappa shape index (κ3) is 8.24. The predicted molar refractivity (Wildman–Crippen MR) is 108 cm³/mol. The highest BCUT2D eigenvalue weighted by Gasteiger charge is 2.20. The number of fused-ring (bicyclic) bond motifs is 1. The van der Waals surface area contributed by atoms with Crippen molar-refractivity contribution in [2.75, 3.05) is 40.5 Å². The Morgan fingerprint density at radius 1 is 1.27 bits per heavy atom. The average Bonchev–Trinajstić information content (AvgIpc) is 3.36. The molecule has 1 aliphatic rings. The van der Waals surface area contributed by atoms with E-state index < -0.39 is 0 Å². The van der Waals surface area contributed by atoms with Gasteiger partial charge in [0.05, 0.1) is 6.61 Å². The maximum Gasteiger partial charge on any atom is 0.168 e. The van der Waals surface area contributed by atoms with E-state index in [2.05, 4.69) is 16.8 Å². The van der Waals surface area contributed by atoms with Gasteiger partial charge in [0.25, 0.3) is 0 Å². The molecule has 3 rings (SSSR count). The minimum absolute atomic E-state index is 0.166. The number of hydrogen-bond donors (Lipinski definition) is 3. The van der Waals surface area contributed by atoms with Gasteiger partial charge < -0.3 is 30.8 Å². The molecule has 0 aromatic carbocycles. The Balaban J connectivity index is 0.000000203. The summed E-state index contributed by atoms with van der Waals surface area (Å²) in [5.41, 5.74) is 13.4. The third-order valence-corrected chi connectivity index (χ3v) is 5.46. The van der Waals surface area contributed by atoms with Gasteiger partial charge in [0.1, 0.15) is 6.10 Å². The molecule has 0 radical (unpaired) electrons. The molecule has 0 bridgehead atoms. The second-order valence-corrected chi connectivity index (χ2v) is 7.12. The van der Waals surface area contributed by atoms with Crippen molar-refractivity contribution in [3.05, 3.63) is 44.3 Å². The van der Waals surface area contributed by atoms with Crippen LogP contribution in [0.3, 0.4) is 0 Å².